The van der Waals surface area contributed by atoms with Crippen molar-refractivity contribution in [3.05, 3.63) is 70.2 Å². The van der Waals surface area contributed by atoms with Crippen molar-refractivity contribution in [3.63, 3.8) is 0 Å². The molecule has 2 aromatic rings. The van der Waals surface area contributed by atoms with Crippen LogP contribution in [0.4, 0.5) is 0 Å². The second kappa shape index (κ2) is 6.23. The number of halogens is 1. The molecule has 0 amide bonds. The first-order chi connectivity index (χ1) is 9.13. The summed E-state index contributed by atoms with van der Waals surface area (Å²) in [5, 5.41) is 4.11. The third-order valence-electron chi connectivity index (χ3n) is 3.71. The summed E-state index contributed by atoms with van der Waals surface area (Å²) in [6, 6.07) is 17.0. The Morgan fingerprint density at radius 1 is 0.947 bits per heavy atom. The SMILES string of the molecule is CNC(C)c1ccccc1C(C)c1cccc(Cl)c1. The summed E-state index contributed by atoms with van der Waals surface area (Å²) < 4.78 is 0. The fourth-order valence-corrected chi connectivity index (χ4v) is 2.61. The molecule has 2 unspecified atom stereocenters. The molecule has 0 saturated heterocycles. The molecule has 2 rings (SSSR count). The molecule has 0 saturated carbocycles. The van der Waals surface area contributed by atoms with Crippen LogP contribution in [-0.4, -0.2) is 7.05 Å². The van der Waals surface area contributed by atoms with Crippen molar-refractivity contribution in [2.75, 3.05) is 7.05 Å². The Hall–Kier alpha value is -1.31. The van der Waals surface area contributed by atoms with Gasteiger partial charge in [-0.3, -0.25) is 0 Å². The van der Waals surface area contributed by atoms with Crippen LogP contribution in [0.2, 0.25) is 5.02 Å². The molecule has 1 N–H and O–H groups in total. The van der Waals surface area contributed by atoms with Gasteiger partial charge in [0.1, 0.15) is 0 Å². The third-order valence-corrected chi connectivity index (χ3v) is 3.95. The van der Waals surface area contributed by atoms with E-state index in [9.17, 15) is 0 Å². The van der Waals surface area contributed by atoms with E-state index >= 15 is 0 Å². The van der Waals surface area contributed by atoms with Crippen LogP contribution >= 0.6 is 11.6 Å². The van der Waals surface area contributed by atoms with Crippen LogP contribution in [0.15, 0.2) is 48.5 Å². The van der Waals surface area contributed by atoms with Gasteiger partial charge in [-0.05, 0) is 42.8 Å². The summed E-state index contributed by atoms with van der Waals surface area (Å²) >= 11 is 6.09. The largest absolute Gasteiger partial charge is 0.313 e. The van der Waals surface area contributed by atoms with Crippen molar-refractivity contribution in [2.24, 2.45) is 0 Å². The van der Waals surface area contributed by atoms with Gasteiger partial charge in [-0.2, -0.15) is 0 Å². The van der Waals surface area contributed by atoms with Crippen LogP contribution in [0.5, 0.6) is 0 Å². The highest BCUT2D eigenvalue weighted by Crippen LogP contribution is 2.31. The number of nitrogens with one attached hydrogen (secondary N) is 1. The first-order valence-electron chi connectivity index (χ1n) is 6.65. The Morgan fingerprint density at radius 2 is 1.63 bits per heavy atom. The second-order valence-electron chi connectivity index (χ2n) is 4.92. The van der Waals surface area contributed by atoms with Gasteiger partial charge < -0.3 is 5.32 Å². The molecule has 100 valence electrons. The molecule has 0 aliphatic rings. The first kappa shape index (κ1) is 14.1. The molecule has 0 bridgehead atoms. The maximum absolute atomic E-state index is 6.09. The molecule has 0 fully saturated rings. The Kier molecular flexibility index (Phi) is 4.62. The molecule has 0 aliphatic carbocycles. The lowest BCUT2D eigenvalue weighted by atomic mass is 9.87. The van der Waals surface area contributed by atoms with Crippen LogP contribution in [0, 0.1) is 0 Å². The van der Waals surface area contributed by atoms with E-state index in [1.807, 2.05) is 25.2 Å². The van der Waals surface area contributed by atoms with Gasteiger partial charge in [-0.15, -0.1) is 0 Å². The van der Waals surface area contributed by atoms with Crippen molar-refractivity contribution < 1.29 is 0 Å². The molecule has 2 atom stereocenters. The Labute approximate surface area is 120 Å². The minimum absolute atomic E-state index is 0.339. The van der Waals surface area contributed by atoms with E-state index in [0.29, 0.717) is 12.0 Å². The van der Waals surface area contributed by atoms with Gasteiger partial charge in [-0.1, -0.05) is 54.9 Å². The number of benzene rings is 2. The number of hydrogen-bond acceptors (Lipinski definition) is 1. The molecule has 0 aromatic heterocycles. The maximum atomic E-state index is 6.09. The minimum Gasteiger partial charge on any atom is -0.313 e. The first-order valence-corrected chi connectivity index (χ1v) is 7.03. The van der Waals surface area contributed by atoms with E-state index in [4.69, 9.17) is 11.6 Å². The van der Waals surface area contributed by atoms with E-state index in [1.165, 1.54) is 16.7 Å². The van der Waals surface area contributed by atoms with Crippen molar-refractivity contribution in [1.82, 2.24) is 5.32 Å². The summed E-state index contributed by atoms with van der Waals surface area (Å²) in [6.45, 7) is 4.41. The molecular formula is C17H20ClN. The molecule has 0 spiro atoms. The zero-order chi connectivity index (χ0) is 13.8. The predicted molar refractivity (Wildman–Crippen MR) is 82.9 cm³/mol. The molecule has 0 heterocycles. The van der Waals surface area contributed by atoms with Crippen LogP contribution in [0.25, 0.3) is 0 Å². The Bertz CT molecular complexity index is 550. The van der Waals surface area contributed by atoms with Crippen molar-refractivity contribution >= 4 is 11.6 Å². The summed E-state index contributed by atoms with van der Waals surface area (Å²) in [7, 11) is 1.99. The molecule has 0 radical (unpaired) electrons. The average molecular weight is 274 g/mol. The quantitative estimate of drug-likeness (QED) is 0.846. The van der Waals surface area contributed by atoms with Gasteiger partial charge in [0, 0.05) is 17.0 Å². The fourth-order valence-electron chi connectivity index (χ4n) is 2.41. The normalized spacial score (nSPS) is 14.1. The number of hydrogen-bond donors (Lipinski definition) is 1. The topological polar surface area (TPSA) is 12.0 Å². The van der Waals surface area contributed by atoms with Crippen LogP contribution in [0.3, 0.4) is 0 Å². The van der Waals surface area contributed by atoms with E-state index in [1.54, 1.807) is 0 Å². The van der Waals surface area contributed by atoms with Gasteiger partial charge in [0.05, 0.1) is 0 Å². The number of rotatable bonds is 4. The molecular weight excluding hydrogens is 254 g/mol. The summed E-state index contributed by atoms with van der Waals surface area (Å²) in [6.07, 6.45) is 0. The lowest BCUT2D eigenvalue weighted by Gasteiger charge is -2.21. The highest BCUT2D eigenvalue weighted by atomic mass is 35.5. The lowest BCUT2D eigenvalue weighted by molar-refractivity contribution is 0.641. The second-order valence-corrected chi connectivity index (χ2v) is 5.35. The molecule has 1 nitrogen and oxygen atoms in total. The van der Waals surface area contributed by atoms with Gasteiger partial charge in [0.25, 0.3) is 0 Å². The molecule has 19 heavy (non-hydrogen) atoms. The fraction of sp³-hybridized carbons (Fsp3) is 0.294. The van der Waals surface area contributed by atoms with E-state index in [0.717, 1.165) is 5.02 Å². The minimum atomic E-state index is 0.339. The summed E-state index contributed by atoms with van der Waals surface area (Å²) in [5.74, 6) is 0.339. The van der Waals surface area contributed by atoms with Crippen LogP contribution in [-0.2, 0) is 0 Å². The zero-order valence-electron chi connectivity index (χ0n) is 11.7. The van der Waals surface area contributed by atoms with Gasteiger partial charge in [0.15, 0.2) is 0 Å². The Balaban J connectivity index is 2.41. The van der Waals surface area contributed by atoms with Crippen LogP contribution in [0.1, 0.15) is 42.5 Å². The zero-order valence-corrected chi connectivity index (χ0v) is 12.4. The average Bonchev–Trinajstić information content (AvgIpc) is 2.45. The molecule has 2 heteroatoms. The van der Waals surface area contributed by atoms with Gasteiger partial charge in [-0.25, -0.2) is 0 Å². The van der Waals surface area contributed by atoms with E-state index < -0.39 is 0 Å². The summed E-state index contributed by atoms with van der Waals surface area (Å²) in [5.41, 5.74) is 3.95. The Morgan fingerprint density at radius 3 is 2.26 bits per heavy atom. The predicted octanol–water partition coefficient (Wildman–Crippen LogP) is 4.77. The monoisotopic (exact) mass is 273 g/mol. The van der Waals surface area contributed by atoms with E-state index in [-0.39, 0.29) is 0 Å². The third kappa shape index (κ3) is 3.17. The van der Waals surface area contributed by atoms with Gasteiger partial charge >= 0.3 is 0 Å². The van der Waals surface area contributed by atoms with Crippen molar-refractivity contribution in [1.29, 1.82) is 0 Å². The maximum Gasteiger partial charge on any atom is 0.0408 e. The smallest absolute Gasteiger partial charge is 0.0408 e. The van der Waals surface area contributed by atoms with Gasteiger partial charge in [0.2, 0.25) is 0 Å². The van der Waals surface area contributed by atoms with Crippen LogP contribution < -0.4 is 5.32 Å². The highest BCUT2D eigenvalue weighted by Gasteiger charge is 2.15. The standard InChI is InChI=1S/C17H20ClN/c1-12(14-7-6-8-15(18)11-14)16-9-4-5-10-17(16)13(2)19-3/h4-13,19H,1-3H3. The summed E-state index contributed by atoms with van der Waals surface area (Å²) in [4.78, 5) is 0. The lowest BCUT2D eigenvalue weighted by Crippen LogP contribution is -2.15. The molecule has 0 aliphatic heterocycles. The highest BCUT2D eigenvalue weighted by molar-refractivity contribution is 6.30. The molecule has 2 aromatic carbocycles. The van der Waals surface area contributed by atoms with Crippen molar-refractivity contribution in [3.8, 4) is 0 Å². The van der Waals surface area contributed by atoms with E-state index in [2.05, 4.69) is 49.5 Å². The van der Waals surface area contributed by atoms with Crippen molar-refractivity contribution in [2.45, 2.75) is 25.8 Å².